The molecule has 0 fully saturated rings. The molecule has 8 nitrogen and oxygen atoms in total. The van der Waals surface area contributed by atoms with E-state index in [0.717, 1.165) is 0 Å². The Balaban J connectivity index is 0.000000333. The minimum absolute atomic E-state index is 0. The Bertz CT molecular complexity index is 1430. The predicted molar refractivity (Wildman–Crippen MR) is 199 cm³/mol. The van der Waals surface area contributed by atoms with E-state index in [1.54, 1.807) is 101 Å². The van der Waals surface area contributed by atoms with E-state index in [9.17, 15) is 20.4 Å². The van der Waals surface area contributed by atoms with Gasteiger partial charge in [-0.15, -0.1) is 0 Å². The van der Waals surface area contributed by atoms with Gasteiger partial charge in [-0.25, -0.2) is 0 Å². The molecule has 0 heterocycles. The predicted octanol–water partition coefficient (Wildman–Crippen LogP) is 5.21. The van der Waals surface area contributed by atoms with Crippen LogP contribution in [0.2, 0.25) is 0 Å². The molecule has 4 rings (SSSR count). The number of benzene rings is 4. The van der Waals surface area contributed by atoms with Crippen LogP contribution in [-0.4, -0.2) is 48.9 Å². The van der Waals surface area contributed by atoms with Crippen molar-refractivity contribution in [3.63, 3.8) is 0 Å². The fourth-order valence-electron chi connectivity index (χ4n) is 4.53. The van der Waals surface area contributed by atoms with Crippen LogP contribution in [0.3, 0.4) is 0 Å². The summed E-state index contributed by atoms with van der Waals surface area (Å²) in [6, 6.07) is 21.2. The van der Waals surface area contributed by atoms with Crippen molar-refractivity contribution in [1.82, 2.24) is 0 Å². The Hall–Kier alpha value is -3.23. The summed E-state index contributed by atoms with van der Waals surface area (Å²) in [6.45, 7) is -0.471. The van der Waals surface area contributed by atoms with Crippen molar-refractivity contribution in [2.75, 3.05) is 28.4 Å². The van der Waals surface area contributed by atoms with E-state index in [-0.39, 0.29) is 42.9 Å². The molecule has 0 amide bonds. The summed E-state index contributed by atoms with van der Waals surface area (Å²) in [6.07, 6.45) is 0. The molecule has 4 N–H and O–H groups in total. The van der Waals surface area contributed by atoms with Gasteiger partial charge in [0.2, 0.25) is 0 Å². The molecule has 4 aromatic rings. The normalized spacial score (nSPS) is 11.6. The summed E-state index contributed by atoms with van der Waals surface area (Å²) >= 11 is 22.1. The number of aliphatic hydroxyl groups excluding tert-OH is 4. The van der Waals surface area contributed by atoms with Crippen molar-refractivity contribution in [2.24, 2.45) is 0 Å². The molecule has 0 radical (unpaired) electrons. The van der Waals surface area contributed by atoms with E-state index < -0.39 is 0 Å². The third-order valence-corrected chi connectivity index (χ3v) is 9.02. The third kappa shape index (κ3) is 11.4. The van der Waals surface area contributed by atoms with E-state index in [0.29, 0.717) is 87.1 Å². The van der Waals surface area contributed by atoms with Crippen LogP contribution in [0.5, 0.6) is 23.0 Å². The van der Waals surface area contributed by atoms with Gasteiger partial charge in [-0.05, 0) is 93.0 Å². The van der Waals surface area contributed by atoms with Gasteiger partial charge in [0.1, 0.15) is 23.0 Å². The zero-order valence-corrected chi connectivity index (χ0v) is 31.4. The van der Waals surface area contributed by atoms with Crippen LogP contribution < -0.4 is 18.9 Å². The molecule has 0 saturated heterocycles. The molecule has 0 aliphatic rings. The molecule has 0 atom stereocenters. The molecule has 0 bridgehead atoms. The number of ether oxygens (including phenoxy) is 4. The molecule has 49 heavy (non-hydrogen) atoms. The van der Waals surface area contributed by atoms with Crippen molar-refractivity contribution in [3.8, 4) is 23.0 Å². The maximum absolute atomic E-state index is 9.38. The second-order valence-corrected chi connectivity index (χ2v) is 11.9. The van der Waals surface area contributed by atoms with Gasteiger partial charge in [-0.1, -0.05) is 24.3 Å². The maximum atomic E-state index is 9.38. The van der Waals surface area contributed by atoms with Gasteiger partial charge in [-0.2, -0.15) is 19.6 Å². The molecule has 0 aliphatic carbocycles. The van der Waals surface area contributed by atoms with Gasteiger partial charge in [0.25, 0.3) is 0 Å². The number of methoxy groups -OCH3 is 4. The van der Waals surface area contributed by atoms with E-state index in [1.165, 1.54) is 0 Å². The molecular formula is C36H36NiO8S4-4. The summed E-state index contributed by atoms with van der Waals surface area (Å²) in [5, 5.41) is 37.5. The molecule has 0 spiro atoms. The van der Waals surface area contributed by atoms with Crippen LogP contribution in [0.1, 0.15) is 44.5 Å². The van der Waals surface area contributed by atoms with E-state index in [4.69, 9.17) is 69.5 Å². The van der Waals surface area contributed by atoms with E-state index >= 15 is 0 Å². The van der Waals surface area contributed by atoms with Crippen molar-refractivity contribution >= 4 is 70.1 Å². The van der Waals surface area contributed by atoms with E-state index in [1.807, 2.05) is 0 Å². The minimum atomic E-state index is -0.118. The molecule has 0 unspecified atom stereocenters. The zero-order chi connectivity index (χ0) is 35.4. The largest absolute Gasteiger partial charge is 0.780 e. The molecule has 266 valence electrons. The van der Waals surface area contributed by atoms with Crippen LogP contribution in [0.25, 0.3) is 19.6 Å². The van der Waals surface area contributed by atoms with Crippen molar-refractivity contribution < 1.29 is 55.9 Å². The standard InChI is InChI=1S/2C18H20O4S2.Ni/c2*1-21-15-5-11(9-19)3-13(7-15)17(23)18(24)14-4-12(10-20)6-16(8-14)22-2;/h2*3-8,19-20,23-24H,9-10H2,1-2H3;/p-4/b2*18-17-;. The number of hydrogen-bond acceptors (Lipinski definition) is 12. The second-order valence-electron chi connectivity index (χ2n) is 10.2. The molecule has 13 heteroatoms. The van der Waals surface area contributed by atoms with Crippen LogP contribution in [0, 0.1) is 0 Å². The van der Waals surface area contributed by atoms with Crippen molar-refractivity contribution in [1.29, 1.82) is 0 Å². The van der Waals surface area contributed by atoms with Gasteiger partial charge in [-0.3, -0.25) is 0 Å². The number of rotatable bonds is 12. The SMILES string of the molecule is COc1cc(CO)cc(/C([S-])=C(/[S-])c2cc(CO)cc(OC)c2)c1.COc1cc(CO)cc(/C([S-])=C(/[S-])c2cc(CO)cc(OC)c2)c1.[Ni]. The summed E-state index contributed by atoms with van der Waals surface area (Å²) < 4.78 is 21.0. The first-order valence-corrected chi connectivity index (χ1v) is 16.0. The topological polar surface area (TPSA) is 118 Å². The minimum Gasteiger partial charge on any atom is -0.780 e. The third-order valence-electron chi connectivity index (χ3n) is 7.00. The van der Waals surface area contributed by atoms with Gasteiger partial charge < -0.3 is 89.9 Å². The van der Waals surface area contributed by atoms with Crippen LogP contribution >= 0.6 is 0 Å². The molecule has 4 aromatic carbocycles. The molecule has 0 saturated carbocycles. The fraction of sp³-hybridized carbons (Fsp3) is 0.222. The first kappa shape index (κ1) is 41.9. The van der Waals surface area contributed by atoms with Crippen molar-refractivity contribution in [2.45, 2.75) is 26.4 Å². The quantitative estimate of drug-likeness (QED) is 0.0859. The van der Waals surface area contributed by atoms with Gasteiger partial charge in [0.05, 0.1) is 54.9 Å². The average Bonchev–Trinajstić information content (AvgIpc) is 3.15. The number of hydrogen-bond donors (Lipinski definition) is 4. The van der Waals surface area contributed by atoms with E-state index in [2.05, 4.69) is 0 Å². The summed E-state index contributed by atoms with van der Waals surface area (Å²) in [4.78, 5) is 1.87. The maximum Gasteiger partial charge on any atom is 0.119 e. The summed E-state index contributed by atoms with van der Waals surface area (Å²) in [5.41, 5.74) is 5.57. The monoisotopic (exact) mass is 782 g/mol. The van der Waals surface area contributed by atoms with Crippen LogP contribution in [-0.2, 0) is 93.4 Å². The Morgan fingerprint density at radius 3 is 0.714 bits per heavy atom. The Morgan fingerprint density at radius 2 is 0.571 bits per heavy atom. The van der Waals surface area contributed by atoms with Crippen LogP contribution in [0.15, 0.2) is 72.8 Å². The fourth-order valence-corrected chi connectivity index (χ4v) is 5.47. The second kappa shape index (κ2) is 20.4. The molecule has 0 aliphatic heterocycles. The average molecular weight is 784 g/mol. The first-order chi connectivity index (χ1) is 23.0. The van der Waals surface area contributed by atoms with Gasteiger partial charge in [0.15, 0.2) is 0 Å². The Kier molecular flexibility index (Phi) is 17.5. The summed E-state index contributed by atoms with van der Waals surface area (Å²) in [5.74, 6) is 2.40. The first-order valence-electron chi connectivity index (χ1n) is 14.4. The Morgan fingerprint density at radius 1 is 0.388 bits per heavy atom. The number of aliphatic hydroxyl groups is 4. The Labute approximate surface area is 319 Å². The molecule has 0 aromatic heterocycles. The van der Waals surface area contributed by atoms with Crippen LogP contribution in [0.4, 0.5) is 0 Å². The van der Waals surface area contributed by atoms with Crippen molar-refractivity contribution in [3.05, 3.63) is 117 Å². The van der Waals surface area contributed by atoms with Gasteiger partial charge in [0, 0.05) is 16.5 Å². The summed E-state index contributed by atoms with van der Waals surface area (Å²) in [7, 11) is 6.21. The van der Waals surface area contributed by atoms with Gasteiger partial charge >= 0.3 is 0 Å². The smallest absolute Gasteiger partial charge is 0.119 e. The zero-order valence-electron chi connectivity index (χ0n) is 27.1. The molecular weight excluding hydrogens is 747 g/mol.